The highest BCUT2D eigenvalue weighted by Gasteiger charge is 2.13. The molecule has 0 amide bonds. The Kier molecular flexibility index (Phi) is 4.70. The fraction of sp³-hybridized carbons (Fsp3) is 0.143. The monoisotopic (exact) mass is 289 g/mol. The molecule has 0 aliphatic carbocycles. The van der Waals surface area contributed by atoms with Crippen molar-refractivity contribution in [2.45, 2.75) is 13.2 Å². The van der Waals surface area contributed by atoms with E-state index in [0.29, 0.717) is 5.75 Å². The van der Waals surface area contributed by atoms with Crippen molar-refractivity contribution < 1.29 is 14.8 Å². The lowest BCUT2D eigenvalue weighted by Crippen LogP contribution is -2.09. The molecule has 0 radical (unpaired) electrons. The van der Waals surface area contributed by atoms with Crippen molar-refractivity contribution in [2.75, 3.05) is 5.43 Å². The van der Waals surface area contributed by atoms with Gasteiger partial charge in [0.2, 0.25) is 0 Å². The molecular weight excluding hydrogens is 274 g/mol. The number of nitrogens with two attached hydrogens (primary N) is 1. The first kappa shape index (κ1) is 14.8. The van der Waals surface area contributed by atoms with E-state index in [0.717, 1.165) is 11.1 Å². The van der Waals surface area contributed by atoms with E-state index >= 15 is 0 Å². The number of anilines is 1. The highest BCUT2D eigenvalue weighted by atomic mass is 16.6. The lowest BCUT2D eigenvalue weighted by Gasteiger charge is -2.08. The van der Waals surface area contributed by atoms with Crippen molar-refractivity contribution in [3.63, 3.8) is 0 Å². The molecule has 0 saturated heterocycles. The molecule has 2 aromatic carbocycles. The Morgan fingerprint density at radius 2 is 1.86 bits per heavy atom. The van der Waals surface area contributed by atoms with E-state index in [1.807, 2.05) is 0 Å². The summed E-state index contributed by atoms with van der Waals surface area (Å²) in [6.45, 7) is 0.235. The summed E-state index contributed by atoms with van der Waals surface area (Å²) in [7, 11) is 0. The Hall–Kier alpha value is -2.64. The summed E-state index contributed by atoms with van der Waals surface area (Å²) in [5.41, 5.74) is 4.00. The number of aliphatic hydroxyl groups excluding tert-OH is 1. The minimum atomic E-state index is -0.507. The summed E-state index contributed by atoms with van der Waals surface area (Å²) in [5, 5.41) is 19.7. The fourth-order valence-corrected chi connectivity index (χ4v) is 1.81. The maximum absolute atomic E-state index is 10.8. The number of aliphatic hydroxyl groups is 1. The standard InChI is InChI=1S/C14H15N3O4/c15-16-13-7-11(3-6-14(13)17(19)20)9-21-12-4-1-10(8-18)2-5-12/h1-7,16,18H,8-9,15H2. The third-order valence-electron chi connectivity index (χ3n) is 2.92. The van der Waals surface area contributed by atoms with Gasteiger partial charge in [0.1, 0.15) is 18.0 Å². The molecule has 7 nitrogen and oxygen atoms in total. The SMILES string of the molecule is NNc1cc(COc2ccc(CO)cc2)ccc1[N+](=O)[O-]. The quantitative estimate of drug-likeness (QED) is 0.426. The summed E-state index contributed by atoms with van der Waals surface area (Å²) >= 11 is 0. The smallest absolute Gasteiger partial charge is 0.293 e. The van der Waals surface area contributed by atoms with Gasteiger partial charge >= 0.3 is 0 Å². The van der Waals surface area contributed by atoms with Crippen molar-refractivity contribution >= 4 is 11.4 Å². The molecule has 0 fully saturated rings. The summed E-state index contributed by atoms with van der Waals surface area (Å²) in [4.78, 5) is 10.3. The molecule has 0 bridgehead atoms. The Morgan fingerprint density at radius 3 is 2.43 bits per heavy atom. The number of nitro benzene ring substituents is 1. The summed E-state index contributed by atoms with van der Waals surface area (Å²) in [6.07, 6.45) is 0. The van der Waals surface area contributed by atoms with Crippen LogP contribution in [-0.4, -0.2) is 10.0 Å². The van der Waals surface area contributed by atoms with Gasteiger partial charge < -0.3 is 15.3 Å². The van der Waals surface area contributed by atoms with E-state index in [9.17, 15) is 10.1 Å². The number of nitro groups is 1. The molecule has 0 aliphatic heterocycles. The molecule has 0 spiro atoms. The Morgan fingerprint density at radius 1 is 1.19 bits per heavy atom. The van der Waals surface area contributed by atoms with Crippen LogP contribution in [0.15, 0.2) is 42.5 Å². The van der Waals surface area contributed by atoms with Crippen LogP contribution >= 0.6 is 0 Å². The van der Waals surface area contributed by atoms with Crippen LogP contribution in [-0.2, 0) is 13.2 Å². The third-order valence-corrected chi connectivity index (χ3v) is 2.92. The van der Waals surface area contributed by atoms with E-state index in [2.05, 4.69) is 5.43 Å². The molecule has 4 N–H and O–H groups in total. The molecule has 7 heteroatoms. The Balaban J connectivity index is 2.07. The van der Waals surface area contributed by atoms with E-state index in [-0.39, 0.29) is 24.6 Å². The van der Waals surface area contributed by atoms with Crippen molar-refractivity contribution in [1.29, 1.82) is 0 Å². The Labute approximate surface area is 121 Å². The molecule has 0 saturated carbocycles. The van der Waals surface area contributed by atoms with Gasteiger partial charge in [0.05, 0.1) is 11.5 Å². The minimum absolute atomic E-state index is 0.0197. The van der Waals surface area contributed by atoms with Crippen molar-refractivity contribution in [3.8, 4) is 5.75 Å². The first-order valence-electron chi connectivity index (χ1n) is 6.20. The van der Waals surface area contributed by atoms with Gasteiger partial charge in [0, 0.05) is 6.07 Å². The first-order valence-corrected chi connectivity index (χ1v) is 6.20. The number of ether oxygens (including phenoxy) is 1. The predicted octanol–water partition coefficient (Wildman–Crippen LogP) is 1.95. The number of nitrogen functional groups attached to an aromatic ring is 1. The first-order chi connectivity index (χ1) is 10.1. The summed E-state index contributed by atoms with van der Waals surface area (Å²) in [6, 6.07) is 11.6. The normalized spacial score (nSPS) is 10.2. The second-order valence-corrected chi connectivity index (χ2v) is 4.34. The van der Waals surface area contributed by atoms with Crippen LogP contribution < -0.4 is 16.0 Å². The molecular formula is C14H15N3O4. The number of hydrogen-bond donors (Lipinski definition) is 3. The molecule has 110 valence electrons. The fourth-order valence-electron chi connectivity index (χ4n) is 1.81. The summed E-state index contributed by atoms with van der Waals surface area (Å²) in [5.74, 6) is 5.92. The van der Waals surface area contributed by atoms with Gasteiger partial charge in [-0.2, -0.15) is 0 Å². The predicted molar refractivity (Wildman–Crippen MR) is 77.6 cm³/mol. The number of hydrazine groups is 1. The molecule has 0 heterocycles. The zero-order valence-electron chi connectivity index (χ0n) is 11.2. The highest BCUT2D eigenvalue weighted by Crippen LogP contribution is 2.25. The van der Waals surface area contributed by atoms with Crippen LogP contribution in [0, 0.1) is 10.1 Å². The van der Waals surface area contributed by atoms with Gasteiger partial charge in [-0.1, -0.05) is 12.1 Å². The van der Waals surface area contributed by atoms with Crippen LogP contribution in [0.2, 0.25) is 0 Å². The number of nitrogens with zero attached hydrogens (tertiary/aromatic N) is 1. The third kappa shape index (κ3) is 3.68. The van der Waals surface area contributed by atoms with Crippen LogP contribution in [0.3, 0.4) is 0 Å². The van der Waals surface area contributed by atoms with Gasteiger partial charge in [-0.05, 0) is 35.4 Å². The molecule has 0 unspecified atom stereocenters. The maximum atomic E-state index is 10.8. The van der Waals surface area contributed by atoms with Gasteiger partial charge in [0.15, 0.2) is 0 Å². The lowest BCUT2D eigenvalue weighted by molar-refractivity contribution is -0.384. The van der Waals surface area contributed by atoms with Crippen LogP contribution in [0.25, 0.3) is 0 Å². The number of rotatable bonds is 6. The average Bonchev–Trinajstić information content (AvgIpc) is 2.52. The van der Waals surface area contributed by atoms with Gasteiger partial charge in [-0.3, -0.25) is 16.0 Å². The molecule has 21 heavy (non-hydrogen) atoms. The molecule has 2 aromatic rings. The van der Waals surface area contributed by atoms with Gasteiger partial charge in [-0.25, -0.2) is 0 Å². The lowest BCUT2D eigenvalue weighted by atomic mass is 10.2. The maximum Gasteiger partial charge on any atom is 0.293 e. The summed E-state index contributed by atoms with van der Waals surface area (Å²) < 4.78 is 5.57. The highest BCUT2D eigenvalue weighted by molar-refractivity contribution is 5.62. The average molecular weight is 289 g/mol. The van der Waals surface area contributed by atoms with Crippen LogP contribution in [0.5, 0.6) is 5.75 Å². The number of hydrogen-bond acceptors (Lipinski definition) is 6. The van der Waals surface area contributed by atoms with Gasteiger partial charge in [0.25, 0.3) is 5.69 Å². The number of benzene rings is 2. The van der Waals surface area contributed by atoms with Gasteiger partial charge in [-0.15, -0.1) is 0 Å². The molecule has 2 rings (SSSR count). The number of nitrogens with one attached hydrogen (secondary N) is 1. The zero-order chi connectivity index (χ0) is 15.2. The Bertz CT molecular complexity index is 629. The largest absolute Gasteiger partial charge is 0.489 e. The molecule has 0 aromatic heterocycles. The van der Waals surface area contributed by atoms with Crippen LogP contribution in [0.4, 0.5) is 11.4 Å². The van der Waals surface area contributed by atoms with E-state index < -0.39 is 4.92 Å². The second-order valence-electron chi connectivity index (χ2n) is 4.34. The van der Waals surface area contributed by atoms with E-state index in [4.69, 9.17) is 15.7 Å². The van der Waals surface area contributed by atoms with Crippen molar-refractivity contribution in [1.82, 2.24) is 0 Å². The minimum Gasteiger partial charge on any atom is -0.489 e. The topological polar surface area (TPSA) is 111 Å². The molecule has 0 aliphatic rings. The van der Waals surface area contributed by atoms with Crippen molar-refractivity contribution in [3.05, 3.63) is 63.7 Å². The molecule has 0 atom stereocenters. The van der Waals surface area contributed by atoms with E-state index in [1.165, 1.54) is 6.07 Å². The van der Waals surface area contributed by atoms with Crippen LogP contribution in [0.1, 0.15) is 11.1 Å². The second kappa shape index (κ2) is 6.69. The zero-order valence-corrected chi connectivity index (χ0v) is 11.2. The van der Waals surface area contributed by atoms with Crippen molar-refractivity contribution in [2.24, 2.45) is 5.84 Å². The van der Waals surface area contributed by atoms with E-state index in [1.54, 1.807) is 36.4 Å².